The summed E-state index contributed by atoms with van der Waals surface area (Å²) in [5, 5.41) is 6.85. The van der Waals surface area contributed by atoms with E-state index in [0.717, 1.165) is 32.0 Å². The molecule has 0 spiro atoms. The van der Waals surface area contributed by atoms with Crippen LogP contribution in [0.3, 0.4) is 0 Å². The first-order valence-corrected chi connectivity index (χ1v) is 9.70. The van der Waals surface area contributed by atoms with Gasteiger partial charge in [0, 0.05) is 37.8 Å². The average Bonchev–Trinajstić information content (AvgIpc) is 3.18. The fourth-order valence-corrected chi connectivity index (χ4v) is 3.07. The molecule has 0 saturated carbocycles. The maximum absolute atomic E-state index is 12.3. The molecule has 1 amide bonds. The first kappa shape index (κ1) is 20.9. The second-order valence-electron chi connectivity index (χ2n) is 7.37. The number of hydrogen-bond donors (Lipinski definition) is 1. The molecule has 9 heteroatoms. The highest BCUT2D eigenvalue weighted by molar-refractivity contribution is 5.93. The van der Waals surface area contributed by atoms with Crippen molar-refractivity contribution in [2.24, 2.45) is 0 Å². The number of carbonyl (C=O) groups excluding carboxylic acids is 2. The van der Waals surface area contributed by atoms with E-state index < -0.39 is 5.97 Å². The summed E-state index contributed by atoms with van der Waals surface area (Å²) in [5.41, 5.74) is 1.10. The minimum Gasteiger partial charge on any atom is -0.465 e. The zero-order valence-electron chi connectivity index (χ0n) is 17.1. The highest BCUT2D eigenvalue weighted by Gasteiger charge is 2.21. The Morgan fingerprint density at radius 2 is 1.79 bits per heavy atom. The van der Waals surface area contributed by atoms with Gasteiger partial charge in [-0.25, -0.2) is 4.79 Å². The summed E-state index contributed by atoms with van der Waals surface area (Å²) in [6.07, 6.45) is 0. The van der Waals surface area contributed by atoms with Crippen molar-refractivity contribution in [2.45, 2.75) is 26.3 Å². The van der Waals surface area contributed by atoms with Crippen LogP contribution in [0.4, 0.5) is 5.69 Å². The number of aromatic nitrogens is 2. The Kier molecular flexibility index (Phi) is 6.95. The second kappa shape index (κ2) is 9.62. The predicted molar refractivity (Wildman–Crippen MR) is 107 cm³/mol. The highest BCUT2D eigenvalue weighted by Crippen LogP contribution is 2.13. The van der Waals surface area contributed by atoms with E-state index in [1.165, 1.54) is 7.11 Å². The number of rotatable bonds is 7. The van der Waals surface area contributed by atoms with Gasteiger partial charge in [0.25, 0.3) is 0 Å². The number of ether oxygens (including phenoxy) is 1. The van der Waals surface area contributed by atoms with Gasteiger partial charge in [0.2, 0.25) is 11.8 Å². The third kappa shape index (κ3) is 5.85. The zero-order valence-corrected chi connectivity index (χ0v) is 17.1. The number of carbonyl (C=O) groups is 2. The summed E-state index contributed by atoms with van der Waals surface area (Å²) in [6.45, 7) is 8.27. The number of nitrogens with one attached hydrogen (secondary N) is 1. The molecule has 2 heterocycles. The van der Waals surface area contributed by atoms with E-state index in [1.54, 1.807) is 24.3 Å². The van der Waals surface area contributed by atoms with Crippen LogP contribution in [-0.4, -0.2) is 71.7 Å². The Bertz CT molecular complexity index is 826. The molecule has 1 saturated heterocycles. The van der Waals surface area contributed by atoms with Crippen LogP contribution < -0.4 is 5.32 Å². The first-order chi connectivity index (χ1) is 13.9. The minimum atomic E-state index is -0.401. The number of benzene rings is 1. The SMILES string of the molecule is COC(=O)c1ccc(NC(=O)CN2CCN(Cc3nc(C(C)C)no3)CC2)cc1. The average molecular weight is 401 g/mol. The molecule has 1 aliphatic rings. The van der Waals surface area contributed by atoms with E-state index in [4.69, 9.17) is 4.52 Å². The van der Waals surface area contributed by atoms with Crippen molar-refractivity contribution < 1.29 is 18.8 Å². The molecule has 0 unspecified atom stereocenters. The van der Waals surface area contributed by atoms with Crippen molar-refractivity contribution >= 4 is 17.6 Å². The zero-order chi connectivity index (χ0) is 20.8. The van der Waals surface area contributed by atoms with Gasteiger partial charge in [0.05, 0.1) is 25.8 Å². The van der Waals surface area contributed by atoms with Crippen molar-refractivity contribution in [1.29, 1.82) is 0 Å². The molecule has 3 rings (SSSR count). The Morgan fingerprint density at radius 1 is 1.14 bits per heavy atom. The minimum absolute atomic E-state index is 0.0808. The van der Waals surface area contributed by atoms with Gasteiger partial charge in [-0.2, -0.15) is 4.98 Å². The summed E-state index contributed by atoms with van der Waals surface area (Å²) in [5.74, 6) is 1.13. The van der Waals surface area contributed by atoms with Crippen LogP contribution in [0, 0.1) is 0 Å². The van der Waals surface area contributed by atoms with E-state index in [9.17, 15) is 9.59 Å². The van der Waals surface area contributed by atoms with Crippen LogP contribution in [0.5, 0.6) is 0 Å². The van der Waals surface area contributed by atoms with E-state index >= 15 is 0 Å². The van der Waals surface area contributed by atoms with E-state index in [2.05, 4.69) is 30.0 Å². The Labute approximate surface area is 170 Å². The van der Waals surface area contributed by atoms with E-state index in [-0.39, 0.29) is 11.8 Å². The first-order valence-electron chi connectivity index (χ1n) is 9.70. The number of piperazine rings is 1. The highest BCUT2D eigenvalue weighted by atomic mass is 16.5. The lowest BCUT2D eigenvalue weighted by molar-refractivity contribution is -0.117. The summed E-state index contributed by atoms with van der Waals surface area (Å²) >= 11 is 0. The van der Waals surface area contributed by atoms with Crippen LogP contribution in [0.15, 0.2) is 28.8 Å². The quantitative estimate of drug-likeness (QED) is 0.700. The largest absolute Gasteiger partial charge is 0.465 e. The second-order valence-corrected chi connectivity index (χ2v) is 7.37. The van der Waals surface area contributed by atoms with Gasteiger partial charge >= 0.3 is 5.97 Å². The molecule has 1 aromatic heterocycles. The molecule has 29 heavy (non-hydrogen) atoms. The molecular formula is C20H27N5O4. The van der Waals surface area contributed by atoms with Crippen molar-refractivity contribution in [1.82, 2.24) is 19.9 Å². The summed E-state index contributed by atoms with van der Waals surface area (Å²) < 4.78 is 9.97. The van der Waals surface area contributed by atoms with Gasteiger partial charge in [0.1, 0.15) is 0 Å². The third-order valence-electron chi connectivity index (χ3n) is 4.78. The standard InChI is InChI=1S/C20H27N5O4/c1-14(2)19-22-18(29-23-19)13-25-10-8-24(9-11-25)12-17(26)21-16-6-4-15(5-7-16)20(27)28-3/h4-7,14H,8-13H2,1-3H3,(H,21,26). The molecule has 0 radical (unpaired) electrons. The Morgan fingerprint density at radius 3 is 2.38 bits per heavy atom. The van der Waals surface area contributed by atoms with Gasteiger partial charge in [-0.15, -0.1) is 0 Å². The van der Waals surface area contributed by atoms with Gasteiger partial charge in [0.15, 0.2) is 5.82 Å². The number of nitrogens with zero attached hydrogens (tertiary/aromatic N) is 4. The molecule has 156 valence electrons. The lowest BCUT2D eigenvalue weighted by Gasteiger charge is -2.33. The van der Waals surface area contributed by atoms with Gasteiger partial charge in [-0.3, -0.25) is 14.6 Å². The Hall–Kier alpha value is -2.78. The molecule has 0 aliphatic carbocycles. The number of anilines is 1. The third-order valence-corrected chi connectivity index (χ3v) is 4.78. The molecule has 1 fully saturated rings. The molecule has 1 aliphatic heterocycles. The fraction of sp³-hybridized carbons (Fsp3) is 0.500. The van der Waals surface area contributed by atoms with Crippen LogP contribution in [-0.2, 0) is 16.1 Å². The van der Waals surface area contributed by atoms with Gasteiger partial charge < -0.3 is 14.6 Å². The smallest absolute Gasteiger partial charge is 0.337 e. The lowest BCUT2D eigenvalue weighted by Crippen LogP contribution is -2.48. The summed E-state index contributed by atoms with van der Waals surface area (Å²) in [4.78, 5) is 32.5. The number of methoxy groups -OCH3 is 1. The molecule has 1 aromatic carbocycles. The number of esters is 1. The lowest BCUT2D eigenvalue weighted by atomic mass is 10.2. The van der Waals surface area contributed by atoms with Crippen LogP contribution in [0.25, 0.3) is 0 Å². The van der Waals surface area contributed by atoms with Crippen molar-refractivity contribution in [2.75, 3.05) is 45.2 Å². The maximum atomic E-state index is 12.3. The normalized spacial score (nSPS) is 15.4. The van der Waals surface area contributed by atoms with Crippen molar-refractivity contribution in [3.8, 4) is 0 Å². The molecule has 1 N–H and O–H groups in total. The summed E-state index contributed by atoms with van der Waals surface area (Å²) in [6, 6.07) is 6.64. The molecule has 9 nitrogen and oxygen atoms in total. The van der Waals surface area contributed by atoms with Gasteiger partial charge in [-0.05, 0) is 24.3 Å². The summed E-state index contributed by atoms with van der Waals surface area (Å²) in [7, 11) is 1.34. The topological polar surface area (TPSA) is 101 Å². The van der Waals surface area contributed by atoms with Crippen LogP contribution >= 0.6 is 0 Å². The van der Waals surface area contributed by atoms with E-state index in [0.29, 0.717) is 30.2 Å². The fourth-order valence-electron chi connectivity index (χ4n) is 3.07. The molecular weight excluding hydrogens is 374 g/mol. The van der Waals surface area contributed by atoms with Crippen molar-refractivity contribution in [3.63, 3.8) is 0 Å². The number of amides is 1. The Balaban J connectivity index is 1.41. The van der Waals surface area contributed by atoms with Crippen LogP contribution in [0.2, 0.25) is 0 Å². The molecule has 0 atom stereocenters. The van der Waals surface area contributed by atoms with Crippen molar-refractivity contribution in [3.05, 3.63) is 41.5 Å². The molecule has 0 bridgehead atoms. The van der Waals surface area contributed by atoms with Crippen LogP contribution in [0.1, 0.15) is 41.8 Å². The predicted octanol–water partition coefficient (Wildman–Crippen LogP) is 1.74. The monoisotopic (exact) mass is 401 g/mol. The van der Waals surface area contributed by atoms with Gasteiger partial charge in [-0.1, -0.05) is 19.0 Å². The molecule has 2 aromatic rings. The number of hydrogen-bond acceptors (Lipinski definition) is 8. The van der Waals surface area contributed by atoms with E-state index in [1.807, 2.05) is 13.8 Å². The maximum Gasteiger partial charge on any atom is 0.337 e.